The molecule has 0 aromatic rings. The van der Waals surface area contributed by atoms with Gasteiger partial charge in [-0.15, -0.1) is 0 Å². The highest BCUT2D eigenvalue weighted by molar-refractivity contribution is 5.02. The van der Waals surface area contributed by atoms with E-state index >= 15 is 0 Å². The molecule has 0 amide bonds. The van der Waals surface area contributed by atoms with Crippen molar-refractivity contribution in [2.45, 2.75) is 85.2 Å². The maximum Gasteiger partial charge on any atom is 0.0422 e. The maximum absolute atomic E-state index is 6.10. The van der Waals surface area contributed by atoms with Gasteiger partial charge in [0.15, 0.2) is 0 Å². The second kappa shape index (κ2) is 8.50. The van der Waals surface area contributed by atoms with Crippen LogP contribution in [0.25, 0.3) is 0 Å². The summed E-state index contributed by atoms with van der Waals surface area (Å²) in [4.78, 5) is 2.64. The number of nitrogens with zero attached hydrogens (tertiary/aromatic N) is 1. The molecule has 21 heavy (non-hydrogen) atoms. The molecule has 0 spiro atoms. The molecule has 0 aromatic carbocycles. The van der Waals surface area contributed by atoms with Crippen molar-refractivity contribution in [1.82, 2.24) is 10.3 Å². The number of rotatable bonds is 8. The smallest absolute Gasteiger partial charge is 0.0422 e. The van der Waals surface area contributed by atoms with Crippen LogP contribution in [0.2, 0.25) is 0 Å². The Morgan fingerprint density at radius 2 is 1.48 bits per heavy atom. The zero-order valence-corrected chi connectivity index (χ0v) is 15.3. The minimum atomic E-state index is 0.194. The van der Waals surface area contributed by atoms with Crippen molar-refractivity contribution < 1.29 is 0 Å². The molecule has 1 fully saturated rings. The molecule has 1 rings (SSSR count). The molecular formula is C18H39N3. The lowest BCUT2D eigenvalue weighted by Gasteiger charge is -2.52. The average Bonchev–Trinajstić information content (AvgIpc) is 2.46. The Balaban J connectivity index is 3.06. The molecular weight excluding hydrogens is 258 g/mol. The van der Waals surface area contributed by atoms with E-state index in [0.29, 0.717) is 12.0 Å². The highest BCUT2D eigenvalue weighted by Crippen LogP contribution is 2.41. The predicted octanol–water partition coefficient (Wildman–Crippen LogP) is 3.79. The van der Waals surface area contributed by atoms with E-state index in [9.17, 15) is 0 Å². The Labute approximate surface area is 133 Å². The van der Waals surface area contributed by atoms with E-state index in [2.05, 4.69) is 51.9 Å². The summed E-state index contributed by atoms with van der Waals surface area (Å²) in [6, 6.07) is 0.401. The van der Waals surface area contributed by atoms with E-state index in [-0.39, 0.29) is 5.54 Å². The fourth-order valence-electron chi connectivity index (χ4n) is 5.20. The van der Waals surface area contributed by atoms with Gasteiger partial charge in [0.1, 0.15) is 0 Å². The number of hydrazine groups is 1. The zero-order valence-electron chi connectivity index (χ0n) is 15.3. The first kappa shape index (κ1) is 18.9. The molecule has 0 aliphatic heterocycles. The molecule has 0 aromatic heterocycles. The fraction of sp³-hybridized carbons (Fsp3) is 1.00. The van der Waals surface area contributed by atoms with E-state index < -0.39 is 0 Å². The first-order valence-electron chi connectivity index (χ1n) is 9.20. The van der Waals surface area contributed by atoms with Gasteiger partial charge in [-0.1, -0.05) is 41.5 Å². The lowest BCUT2D eigenvalue weighted by Crippen LogP contribution is -2.65. The summed E-state index contributed by atoms with van der Waals surface area (Å²) in [6.07, 6.45) is 6.35. The summed E-state index contributed by atoms with van der Waals surface area (Å²) < 4.78 is 0. The average molecular weight is 298 g/mol. The van der Waals surface area contributed by atoms with Crippen LogP contribution in [0.4, 0.5) is 0 Å². The van der Waals surface area contributed by atoms with E-state index in [0.717, 1.165) is 24.9 Å². The summed E-state index contributed by atoms with van der Waals surface area (Å²) >= 11 is 0. The van der Waals surface area contributed by atoms with Gasteiger partial charge in [0.05, 0.1) is 0 Å². The van der Waals surface area contributed by atoms with Gasteiger partial charge in [-0.2, -0.15) is 0 Å². The van der Waals surface area contributed by atoms with Crippen molar-refractivity contribution in [1.29, 1.82) is 0 Å². The summed E-state index contributed by atoms with van der Waals surface area (Å²) in [5, 5.41) is 0. The van der Waals surface area contributed by atoms with Crippen molar-refractivity contribution in [3.05, 3.63) is 0 Å². The van der Waals surface area contributed by atoms with Crippen LogP contribution in [0.3, 0.4) is 0 Å². The lowest BCUT2D eigenvalue weighted by atomic mass is 9.67. The topological polar surface area (TPSA) is 41.3 Å². The molecule has 0 bridgehead atoms. The standard InChI is InChI=1S/C18H39N3/c1-7-18(8-2,21(9-3)10-4)17(20-19)16-12-14(5)11-15(6)13-16/h14-17,20H,7-13,19H2,1-6H3. The van der Waals surface area contributed by atoms with Gasteiger partial charge in [0.2, 0.25) is 0 Å². The van der Waals surface area contributed by atoms with E-state index in [1.54, 1.807) is 0 Å². The van der Waals surface area contributed by atoms with Crippen LogP contribution in [0.1, 0.15) is 73.6 Å². The summed E-state index contributed by atoms with van der Waals surface area (Å²) in [5.41, 5.74) is 3.46. The number of likely N-dealkylation sites (N-methyl/N-ethyl adjacent to an activating group) is 1. The van der Waals surface area contributed by atoms with Crippen LogP contribution < -0.4 is 11.3 Å². The second-order valence-corrected chi connectivity index (χ2v) is 7.30. The molecule has 1 aliphatic rings. The van der Waals surface area contributed by atoms with E-state index in [1.165, 1.54) is 32.1 Å². The first-order chi connectivity index (χ1) is 9.98. The maximum atomic E-state index is 6.10. The van der Waals surface area contributed by atoms with Crippen LogP contribution in [0.5, 0.6) is 0 Å². The molecule has 126 valence electrons. The SMILES string of the molecule is CCN(CC)C(CC)(CC)C(NN)C1CC(C)CC(C)C1. The molecule has 3 N–H and O–H groups in total. The zero-order chi connectivity index (χ0) is 16.0. The van der Waals surface area contributed by atoms with Gasteiger partial charge in [-0.3, -0.25) is 16.2 Å². The monoisotopic (exact) mass is 297 g/mol. The second-order valence-electron chi connectivity index (χ2n) is 7.30. The van der Waals surface area contributed by atoms with E-state index in [4.69, 9.17) is 5.84 Å². The Morgan fingerprint density at radius 3 is 1.81 bits per heavy atom. The molecule has 3 nitrogen and oxygen atoms in total. The number of nitrogens with one attached hydrogen (secondary N) is 1. The largest absolute Gasteiger partial charge is 0.297 e. The quantitative estimate of drug-likeness (QED) is 0.529. The Bertz CT molecular complexity index is 274. The molecule has 0 radical (unpaired) electrons. The van der Waals surface area contributed by atoms with Gasteiger partial charge >= 0.3 is 0 Å². The molecule has 1 saturated carbocycles. The minimum absolute atomic E-state index is 0.194. The third-order valence-electron chi connectivity index (χ3n) is 6.06. The molecule has 3 heteroatoms. The van der Waals surface area contributed by atoms with Crippen LogP contribution in [0.15, 0.2) is 0 Å². The summed E-state index contributed by atoms with van der Waals surface area (Å²) in [5.74, 6) is 8.47. The summed E-state index contributed by atoms with van der Waals surface area (Å²) in [6.45, 7) is 16.3. The van der Waals surface area contributed by atoms with Crippen LogP contribution in [-0.2, 0) is 0 Å². The highest BCUT2D eigenvalue weighted by Gasteiger charge is 2.44. The predicted molar refractivity (Wildman–Crippen MR) is 93.0 cm³/mol. The highest BCUT2D eigenvalue weighted by atomic mass is 15.3. The molecule has 0 heterocycles. The van der Waals surface area contributed by atoms with Crippen molar-refractivity contribution in [3.63, 3.8) is 0 Å². The third kappa shape index (κ3) is 4.00. The molecule has 3 unspecified atom stereocenters. The fourth-order valence-corrected chi connectivity index (χ4v) is 5.20. The van der Waals surface area contributed by atoms with Crippen molar-refractivity contribution >= 4 is 0 Å². The van der Waals surface area contributed by atoms with Crippen LogP contribution in [0, 0.1) is 17.8 Å². The Kier molecular flexibility index (Phi) is 7.66. The van der Waals surface area contributed by atoms with Gasteiger partial charge in [-0.25, -0.2) is 0 Å². The van der Waals surface area contributed by atoms with Crippen LogP contribution >= 0.6 is 0 Å². The van der Waals surface area contributed by atoms with Crippen molar-refractivity contribution in [2.24, 2.45) is 23.6 Å². The third-order valence-corrected chi connectivity index (χ3v) is 6.06. The van der Waals surface area contributed by atoms with Crippen molar-refractivity contribution in [2.75, 3.05) is 13.1 Å². The lowest BCUT2D eigenvalue weighted by molar-refractivity contribution is 0.00817. The first-order valence-corrected chi connectivity index (χ1v) is 9.20. The van der Waals surface area contributed by atoms with Gasteiger partial charge in [-0.05, 0) is 62.9 Å². The number of hydrogen-bond acceptors (Lipinski definition) is 3. The van der Waals surface area contributed by atoms with E-state index in [1.807, 2.05) is 0 Å². The number of hydrogen-bond donors (Lipinski definition) is 2. The van der Waals surface area contributed by atoms with Crippen molar-refractivity contribution in [3.8, 4) is 0 Å². The molecule has 1 aliphatic carbocycles. The number of nitrogens with two attached hydrogens (primary N) is 1. The summed E-state index contributed by atoms with van der Waals surface area (Å²) in [7, 11) is 0. The minimum Gasteiger partial charge on any atom is -0.297 e. The molecule has 0 saturated heterocycles. The van der Waals surface area contributed by atoms with Gasteiger partial charge in [0, 0.05) is 11.6 Å². The normalized spacial score (nSPS) is 28.9. The Hall–Kier alpha value is -0.120. The Morgan fingerprint density at radius 1 is 1.00 bits per heavy atom. The van der Waals surface area contributed by atoms with Gasteiger partial charge < -0.3 is 0 Å². The van der Waals surface area contributed by atoms with Crippen LogP contribution in [-0.4, -0.2) is 29.6 Å². The molecule has 3 atom stereocenters. The van der Waals surface area contributed by atoms with Gasteiger partial charge in [0.25, 0.3) is 0 Å².